The van der Waals surface area contributed by atoms with Gasteiger partial charge in [-0.15, -0.1) is 0 Å². The molecule has 2 aliphatic heterocycles. The van der Waals surface area contributed by atoms with Crippen molar-refractivity contribution in [2.45, 2.75) is 31.8 Å². The number of fused-ring (bicyclic) bond motifs is 1. The first-order valence-corrected chi connectivity index (χ1v) is 12.4. The average molecular weight is 483 g/mol. The number of nitrogens with one attached hydrogen (secondary N) is 1. The standard InChI is InChI=1S/C26H31ClN4O3/c27-22-5-6-24-23(15-22)29-26(34-24)19-7-9-30(10-8-19)18-25(32)28-16-20-3-1-2-4-21(20)17-31-11-13-33-14-12-31/h1-6,15,19H,7-14,16-18H2,(H,28,32). The summed E-state index contributed by atoms with van der Waals surface area (Å²) in [6, 6.07) is 13.9. The van der Waals surface area contributed by atoms with Gasteiger partial charge in [-0.05, 0) is 55.3 Å². The quantitative estimate of drug-likeness (QED) is 0.552. The van der Waals surface area contributed by atoms with Gasteiger partial charge in [-0.1, -0.05) is 35.9 Å². The molecule has 0 spiro atoms. The molecule has 1 N–H and O–H groups in total. The Balaban J connectivity index is 1.09. The lowest BCUT2D eigenvalue weighted by Gasteiger charge is -2.30. The van der Waals surface area contributed by atoms with Crippen LogP contribution in [0.3, 0.4) is 0 Å². The molecule has 5 rings (SSSR count). The van der Waals surface area contributed by atoms with Gasteiger partial charge in [0.2, 0.25) is 5.91 Å². The number of rotatable bonds is 7. The van der Waals surface area contributed by atoms with Crippen LogP contribution in [0.1, 0.15) is 35.8 Å². The van der Waals surface area contributed by atoms with Crippen LogP contribution in [-0.2, 0) is 22.6 Å². The highest BCUT2D eigenvalue weighted by atomic mass is 35.5. The van der Waals surface area contributed by atoms with Gasteiger partial charge in [0.15, 0.2) is 11.5 Å². The normalized spacial score (nSPS) is 18.4. The Kier molecular flexibility index (Phi) is 7.45. The van der Waals surface area contributed by atoms with Gasteiger partial charge in [0.25, 0.3) is 0 Å². The van der Waals surface area contributed by atoms with E-state index < -0.39 is 0 Å². The minimum absolute atomic E-state index is 0.0659. The number of hydrogen-bond acceptors (Lipinski definition) is 6. The Bertz CT molecular complexity index is 1120. The second kappa shape index (κ2) is 10.9. The number of aromatic nitrogens is 1. The molecule has 0 bridgehead atoms. The van der Waals surface area contributed by atoms with Gasteiger partial charge in [-0.3, -0.25) is 14.6 Å². The van der Waals surface area contributed by atoms with E-state index >= 15 is 0 Å². The van der Waals surface area contributed by atoms with Crippen molar-refractivity contribution < 1.29 is 13.9 Å². The molecule has 2 fully saturated rings. The molecule has 0 atom stereocenters. The molecular weight excluding hydrogens is 452 g/mol. The topological polar surface area (TPSA) is 70.8 Å². The van der Waals surface area contributed by atoms with Crippen LogP contribution in [0.15, 0.2) is 46.9 Å². The van der Waals surface area contributed by atoms with Crippen LogP contribution in [-0.4, -0.2) is 66.6 Å². The van der Waals surface area contributed by atoms with Gasteiger partial charge in [-0.2, -0.15) is 0 Å². The summed E-state index contributed by atoms with van der Waals surface area (Å²) in [7, 11) is 0. The smallest absolute Gasteiger partial charge is 0.234 e. The predicted octanol–water partition coefficient (Wildman–Crippen LogP) is 3.81. The molecule has 0 radical (unpaired) electrons. The van der Waals surface area contributed by atoms with Crippen LogP contribution in [0.25, 0.3) is 11.1 Å². The van der Waals surface area contributed by atoms with Gasteiger partial charge in [0, 0.05) is 37.1 Å². The summed E-state index contributed by atoms with van der Waals surface area (Å²) in [6.07, 6.45) is 1.85. The van der Waals surface area contributed by atoms with E-state index in [0.717, 1.165) is 75.8 Å². The van der Waals surface area contributed by atoms with Crippen molar-refractivity contribution in [3.05, 3.63) is 64.5 Å². The number of benzene rings is 2. The van der Waals surface area contributed by atoms with Gasteiger partial charge in [-0.25, -0.2) is 4.98 Å². The molecule has 7 nitrogen and oxygen atoms in total. The molecule has 180 valence electrons. The summed E-state index contributed by atoms with van der Waals surface area (Å²) in [5.41, 5.74) is 4.02. The Morgan fingerprint density at radius 2 is 1.79 bits per heavy atom. The number of ether oxygens (including phenoxy) is 1. The van der Waals surface area contributed by atoms with E-state index in [4.69, 9.17) is 20.8 Å². The highest BCUT2D eigenvalue weighted by Crippen LogP contribution is 2.30. The monoisotopic (exact) mass is 482 g/mol. The summed E-state index contributed by atoms with van der Waals surface area (Å²) in [6.45, 7) is 7.05. The van der Waals surface area contributed by atoms with Gasteiger partial charge >= 0.3 is 0 Å². The third-order valence-electron chi connectivity index (χ3n) is 6.76. The Morgan fingerprint density at radius 1 is 1.03 bits per heavy atom. The number of carbonyl (C=O) groups excluding carboxylic acids is 1. The number of hydrogen-bond donors (Lipinski definition) is 1. The van der Waals surface area contributed by atoms with Crippen molar-refractivity contribution in [1.82, 2.24) is 20.1 Å². The van der Waals surface area contributed by atoms with Crippen LogP contribution in [0, 0.1) is 0 Å². The number of carbonyl (C=O) groups is 1. The van der Waals surface area contributed by atoms with Gasteiger partial charge in [0.1, 0.15) is 5.52 Å². The fourth-order valence-corrected chi connectivity index (χ4v) is 4.93. The molecule has 8 heteroatoms. The van der Waals surface area contributed by atoms with E-state index in [1.165, 1.54) is 11.1 Å². The average Bonchev–Trinajstić information content (AvgIpc) is 3.28. The third-order valence-corrected chi connectivity index (χ3v) is 7.00. The molecular formula is C26H31ClN4O3. The Hall–Kier alpha value is -2.45. The molecule has 1 aromatic heterocycles. The minimum Gasteiger partial charge on any atom is -0.440 e. The number of oxazole rings is 1. The van der Waals surface area contributed by atoms with Crippen LogP contribution >= 0.6 is 11.6 Å². The van der Waals surface area contributed by atoms with E-state index in [9.17, 15) is 4.79 Å². The molecule has 2 aromatic carbocycles. The molecule has 34 heavy (non-hydrogen) atoms. The largest absolute Gasteiger partial charge is 0.440 e. The van der Waals surface area contributed by atoms with Crippen LogP contribution in [0.5, 0.6) is 0 Å². The molecule has 3 heterocycles. The molecule has 1 amide bonds. The van der Waals surface area contributed by atoms with Crippen LogP contribution in [0.2, 0.25) is 5.02 Å². The van der Waals surface area contributed by atoms with E-state index in [0.29, 0.717) is 18.1 Å². The number of amides is 1. The SMILES string of the molecule is O=C(CN1CCC(c2nc3cc(Cl)ccc3o2)CC1)NCc1ccccc1CN1CCOCC1. The third kappa shape index (κ3) is 5.78. The summed E-state index contributed by atoms with van der Waals surface area (Å²) in [5.74, 6) is 1.12. The maximum absolute atomic E-state index is 12.7. The number of morpholine rings is 1. The highest BCUT2D eigenvalue weighted by molar-refractivity contribution is 6.31. The van der Waals surface area contributed by atoms with Gasteiger partial charge < -0.3 is 14.5 Å². The summed E-state index contributed by atoms with van der Waals surface area (Å²) >= 11 is 6.07. The molecule has 2 saturated heterocycles. The number of halogens is 1. The first kappa shape index (κ1) is 23.3. The van der Waals surface area contributed by atoms with Crippen molar-refractivity contribution in [2.75, 3.05) is 45.9 Å². The fourth-order valence-electron chi connectivity index (χ4n) is 4.77. The first-order chi connectivity index (χ1) is 16.6. The van der Waals surface area contributed by atoms with E-state index in [1.807, 2.05) is 24.3 Å². The van der Waals surface area contributed by atoms with E-state index in [-0.39, 0.29) is 11.8 Å². The summed E-state index contributed by atoms with van der Waals surface area (Å²) < 4.78 is 11.4. The van der Waals surface area contributed by atoms with E-state index in [2.05, 4.69) is 38.3 Å². The zero-order chi connectivity index (χ0) is 23.3. The first-order valence-electron chi connectivity index (χ1n) is 12.1. The molecule has 0 aliphatic carbocycles. The van der Waals surface area contributed by atoms with Gasteiger partial charge in [0.05, 0.1) is 19.8 Å². The highest BCUT2D eigenvalue weighted by Gasteiger charge is 2.25. The molecule has 0 unspecified atom stereocenters. The summed E-state index contributed by atoms with van der Waals surface area (Å²) in [5, 5.41) is 3.79. The lowest BCUT2D eigenvalue weighted by Crippen LogP contribution is -2.41. The maximum Gasteiger partial charge on any atom is 0.234 e. The molecule has 0 saturated carbocycles. The van der Waals surface area contributed by atoms with Crippen molar-refractivity contribution in [2.24, 2.45) is 0 Å². The van der Waals surface area contributed by atoms with Crippen molar-refractivity contribution >= 4 is 28.6 Å². The zero-order valence-corrected chi connectivity index (χ0v) is 20.1. The number of piperidine rings is 1. The number of likely N-dealkylation sites (tertiary alicyclic amines) is 1. The lowest BCUT2D eigenvalue weighted by molar-refractivity contribution is -0.122. The predicted molar refractivity (Wildman–Crippen MR) is 132 cm³/mol. The Labute approximate surface area is 205 Å². The van der Waals surface area contributed by atoms with Crippen LogP contribution < -0.4 is 5.32 Å². The summed E-state index contributed by atoms with van der Waals surface area (Å²) in [4.78, 5) is 21.9. The molecule has 3 aromatic rings. The van der Waals surface area contributed by atoms with Crippen molar-refractivity contribution in [3.8, 4) is 0 Å². The van der Waals surface area contributed by atoms with E-state index in [1.54, 1.807) is 0 Å². The Morgan fingerprint density at radius 3 is 2.59 bits per heavy atom. The zero-order valence-electron chi connectivity index (χ0n) is 19.3. The van der Waals surface area contributed by atoms with Crippen molar-refractivity contribution in [1.29, 1.82) is 0 Å². The fraction of sp³-hybridized carbons (Fsp3) is 0.462. The maximum atomic E-state index is 12.7. The molecule has 2 aliphatic rings. The second-order valence-corrected chi connectivity index (χ2v) is 9.58. The van der Waals surface area contributed by atoms with Crippen molar-refractivity contribution in [3.63, 3.8) is 0 Å². The van der Waals surface area contributed by atoms with Crippen LogP contribution in [0.4, 0.5) is 0 Å². The second-order valence-electron chi connectivity index (χ2n) is 9.15. The lowest BCUT2D eigenvalue weighted by atomic mass is 9.97. The number of nitrogens with zero attached hydrogens (tertiary/aromatic N) is 3. The minimum atomic E-state index is 0.0659.